The number of esters is 1. The fourth-order valence-electron chi connectivity index (χ4n) is 9.40. The van der Waals surface area contributed by atoms with Gasteiger partial charge in [-0.1, -0.05) is 60.7 Å². The Labute approximate surface area is 476 Å². The van der Waals surface area contributed by atoms with E-state index in [0.29, 0.717) is 37.6 Å². The van der Waals surface area contributed by atoms with Crippen LogP contribution in [0.4, 0.5) is 4.79 Å². The summed E-state index contributed by atoms with van der Waals surface area (Å²) in [5, 5.41) is 9.27. The highest BCUT2D eigenvalue weighted by atomic mass is 16.6. The number of amides is 3. The highest BCUT2D eigenvalue weighted by molar-refractivity contribution is 6.04. The van der Waals surface area contributed by atoms with Crippen molar-refractivity contribution in [1.29, 1.82) is 0 Å². The van der Waals surface area contributed by atoms with Crippen LogP contribution in [0.1, 0.15) is 129 Å². The summed E-state index contributed by atoms with van der Waals surface area (Å²) in [6, 6.07) is 34.3. The quantitative estimate of drug-likeness (QED) is 0.0505. The average Bonchev–Trinajstić information content (AvgIpc) is 3.98. The highest BCUT2D eigenvalue weighted by Gasteiger charge is 2.44. The molecule has 426 valence electrons. The molecule has 0 radical (unpaired) electrons. The lowest BCUT2D eigenvalue weighted by Crippen LogP contribution is -2.43. The van der Waals surface area contributed by atoms with E-state index >= 15 is 0 Å². The minimum Gasteiger partial charge on any atom is -0.478 e. The number of ether oxygens (including phenoxy) is 3. The number of carbonyl (C=O) groups is 4. The number of rotatable bonds is 22. The lowest BCUT2D eigenvalue weighted by atomic mass is 10.0. The molecule has 4 aromatic carbocycles. The number of hydrogen-bond donors (Lipinski definition) is 1. The maximum absolute atomic E-state index is 13.6. The van der Waals surface area contributed by atoms with Gasteiger partial charge in [0.1, 0.15) is 23.1 Å². The molecule has 1 atom stereocenters. The summed E-state index contributed by atoms with van der Waals surface area (Å²) in [6.07, 6.45) is 13.3. The number of imide groups is 1. The molecule has 15 heteroatoms. The Morgan fingerprint density at radius 2 is 1.02 bits per heavy atom. The Morgan fingerprint density at radius 1 is 0.543 bits per heavy atom. The van der Waals surface area contributed by atoms with Gasteiger partial charge in [0.05, 0.1) is 19.6 Å². The normalized spacial score (nSPS) is 13.7. The molecule has 3 amide bonds. The second-order valence-corrected chi connectivity index (χ2v) is 23.1. The van der Waals surface area contributed by atoms with E-state index in [0.717, 1.165) is 76.7 Å². The van der Waals surface area contributed by atoms with E-state index in [1.54, 1.807) is 60.2 Å². The molecular formula is C66H78N6O9. The molecule has 1 saturated heterocycles. The molecule has 0 spiro atoms. The fourth-order valence-corrected chi connectivity index (χ4v) is 9.40. The molecule has 8 rings (SSSR count). The van der Waals surface area contributed by atoms with Crippen molar-refractivity contribution >= 4 is 23.9 Å². The number of imidazole rings is 1. The third kappa shape index (κ3) is 16.6. The minimum absolute atomic E-state index is 0.0161. The Morgan fingerprint density at radius 3 is 1.53 bits per heavy atom. The van der Waals surface area contributed by atoms with Crippen molar-refractivity contribution in [2.75, 3.05) is 0 Å². The SMILES string of the molecule is Cc1ccc(CN2C(=O)C(CCCc3ccc(OC(C)(C)C(=O)OC(C)(C)C)cc3)N(Cc3ccncc3)C2=O)cc1C.Cc1ccc(Cn2cc(CCCc3ccc(OC(C)(C)C(=O)O)cc3)n(Cc3ccncc3)c2=O)cc1C. The number of aromatic nitrogens is 4. The van der Waals surface area contributed by atoms with Crippen molar-refractivity contribution in [3.05, 3.63) is 212 Å². The van der Waals surface area contributed by atoms with E-state index in [1.165, 1.54) is 35.4 Å². The van der Waals surface area contributed by atoms with Crippen molar-refractivity contribution in [3.8, 4) is 11.5 Å². The van der Waals surface area contributed by atoms with Crippen LogP contribution >= 0.6 is 0 Å². The molecule has 0 bridgehead atoms. The number of pyridine rings is 2. The van der Waals surface area contributed by atoms with Gasteiger partial charge in [-0.05, 0) is 219 Å². The maximum Gasteiger partial charge on any atom is 0.350 e. The maximum atomic E-state index is 13.6. The zero-order chi connectivity index (χ0) is 58.6. The zero-order valence-corrected chi connectivity index (χ0v) is 48.8. The van der Waals surface area contributed by atoms with Crippen LogP contribution in [0.3, 0.4) is 0 Å². The number of carboxylic acids is 1. The predicted molar refractivity (Wildman–Crippen MR) is 313 cm³/mol. The fraction of sp³-hybridized carbons (Fsp3) is 0.379. The first kappa shape index (κ1) is 60.3. The van der Waals surface area contributed by atoms with Crippen molar-refractivity contribution in [1.82, 2.24) is 28.9 Å². The van der Waals surface area contributed by atoms with Gasteiger partial charge in [-0.2, -0.15) is 0 Å². The number of urea groups is 1. The van der Waals surface area contributed by atoms with Crippen LogP contribution in [0.5, 0.6) is 11.5 Å². The molecule has 4 heterocycles. The zero-order valence-electron chi connectivity index (χ0n) is 48.8. The minimum atomic E-state index is -1.29. The van der Waals surface area contributed by atoms with Crippen LogP contribution in [0, 0.1) is 27.7 Å². The summed E-state index contributed by atoms with van der Waals surface area (Å²) in [4.78, 5) is 75.7. The van der Waals surface area contributed by atoms with Crippen LogP contribution < -0.4 is 15.2 Å². The molecule has 3 aromatic heterocycles. The monoisotopic (exact) mass is 1100 g/mol. The summed E-state index contributed by atoms with van der Waals surface area (Å²) in [5.74, 6) is -0.505. The topological polar surface area (TPSA) is 175 Å². The van der Waals surface area contributed by atoms with E-state index in [4.69, 9.17) is 14.2 Å². The van der Waals surface area contributed by atoms with Crippen LogP contribution in [0.2, 0.25) is 0 Å². The number of nitrogens with zero attached hydrogens (tertiary/aromatic N) is 6. The van der Waals surface area contributed by atoms with Gasteiger partial charge in [-0.15, -0.1) is 0 Å². The molecule has 0 aliphatic carbocycles. The molecule has 15 nitrogen and oxygen atoms in total. The summed E-state index contributed by atoms with van der Waals surface area (Å²) in [5.41, 5.74) is 8.93. The molecule has 1 fully saturated rings. The number of aliphatic carboxylic acids is 1. The highest BCUT2D eigenvalue weighted by Crippen LogP contribution is 2.29. The predicted octanol–water partition coefficient (Wildman–Crippen LogP) is 11.7. The number of carboxylic acid groups (broad SMARTS) is 1. The molecule has 1 unspecified atom stereocenters. The molecule has 0 saturated carbocycles. The summed E-state index contributed by atoms with van der Waals surface area (Å²) in [6.45, 7) is 21.8. The first-order valence-electron chi connectivity index (χ1n) is 27.7. The van der Waals surface area contributed by atoms with E-state index in [1.807, 2.05) is 124 Å². The summed E-state index contributed by atoms with van der Waals surface area (Å²) >= 11 is 0. The van der Waals surface area contributed by atoms with Gasteiger partial charge in [-0.25, -0.2) is 19.2 Å². The van der Waals surface area contributed by atoms with Crippen LogP contribution in [0.25, 0.3) is 0 Å². The Kier molecular flexibility index (Phi) is 19.6. The first-order valence-corrected chi connectivity index (χ1v) is 27.7. The number of aryl methyl sites for hydroxylation is 7. The van der Waals surface area contributed by atoms with Crippen molar-refractivity contribution in [3.63, 3.8) is 0 Å². The molecule has 7 aromatic rings. The third-order valence-electron chi connectivity index (χ3n) is 14.4. The van der Waals surface area contributed by atoms with Crippen LogP contribution in [-0.2, 0) is 64.6 Å². The number of hydrogen-bond acceptors (Lipinski definition) is 10. The Bertz CT molecular complexity index is 3340. The van der Waals surface area contributed by atoms with E-state index in [9.17, 15) is 29.1 Å². The lowest BCUT2D eigenvalue weighted by molar-refractivity contribution is -0.171. The van der Waals surface area contributed by atoms with Gasteiger partial charge in [0.15, 0.2) is 11.2 Å². The second kappa shape index (κ2) is 26.3. The van der Waals surface area contributed by atoms with E-state index in [-0.39, 0.29) is 24.2 Å². The lowest BCUT2D eigenvalue weighted by Gasteiger charge is -2.29. The van der Waals surface area contributed by atoms with Crippen LogP contribution in [0.15, 0.2) is 145 Å². The van der Waals surface area contributed by atoms with Gasteiger partial charge in [-0.3, -0.25) is 28.8 Å². The third-order valence-corrected chi connectivity index (χ3v) is 14.4. The largest absolute Gasteiger partial charge is 0.478 e. The number of carbonyl (C=O) groups excluding carboxylic acids is 3. The van der Waals surface area contributed by atoms with Gasteiger partial charge in [0, 0.05) is 43.2 Å². The first-order chi connectivity index (χ1) is 38.4. The molecule has 81 heavy (non-hydrogen) atoms. The smallest absolute Gasteiger partial charge is 0.350 e. The van der Waals surface area contributed by atoms with Crippen molar-refractivity contribution in [2.45, 2.75) is 164 Å². The van der Waals surface area contributed by atoms with Crippen LogP contribution in [-0.4, -0.2) is 80.7 Å². The Hall–Kier alpha value is -8.33. The average molecular weight is 1100 g/mol. The standard InChI is InChI=1S/C35H43N3O5.C31H35N3O4/c1-24-11-12-28(21-25(24)2)23-38-31(39)30(37(33(38)41)22-27-17-19-36-20-18-27)10-8-9-26-13-15-29(16-14-26)42-35(6,7)32(40)43-34(3,4)5;1-22-8-9-26(18-23(22)2)19-33-21-27(34(30(33)37)20-25-14-16-32-17-15-25)7-5-6-24-10-12-28(13-11-24)38-31(3,4)29(35)36/h11-21,30H,8-10,22-23H2,1-7H3;8-18,21H,5-7,19-20H2,1-4H3,(H,35,36). The van der Waals surface area contributed by atoms with Crippen molar-refractivity contribution < 1.29 is 38.5 Å². The molecular weight excluding hydrogens is 1020 g/mol. The van der Waals surface area contributed by atoms with Crippen molar-refractivity contribution in [2.24, 2.45) is 0 Å². The number of benzene rings is 4. The summed E-state index contributed by atoms with van der Waals surface area (Å²) < 4.78 is 20.7. The van der Waals surface area contributed by atoms with Gasteiger partial charge in [0.25, 0.3) is 5.91 Å². The Balaban J connectivity index is 0.000000235. The van der Waals surface area contributed by atoms with Gasteiger partial charge >= 0.3 is 23.7 Å². The van der Waals surface area contributed by atoms with Gasteiger partial charge < -0.3 is 24.2 Å². The summed E-state index contributed by atoms with van der Waals surface area (Å²) in [7, 11) is 0. The second-order valence-electron chi connectivity index (χ2n) is 23.1. The molecule has 1 aliphatic heterocycles. The molecule has 1 aliphatic rings. The van der Waals surface area contributed by atoms with E-state index < -0.39 is 34.8 Å². The van der Waals surface area contributed by atoms with Gasteiger partial charge in [0.2, 0.25) is 0 Å². The van der Waals surface area contributed by atoms with E-state index in [2.05, 4.69) is 42.0 Å². The molecule has 1 N–H and O–H groups in total.